The molecule has 1 aliphatic rings. The van der Waals surface area contributed by atoms with Gasteiger partial charge in [-0.2, -0.15) is 0 Å². The summed E-state index contributed by atoms with van der Waals surface area (Å²) in [4.78, 5) is 14.7. The number of hydrogen-bond acceptors (Lipinski definition) is 4. The average Bonchev–Trinajstić information content (AvgIpc) is 2.90. The molecule has 0 bridgehead atoms. The van der Waals surface area contributed by atoms with Crippen LogP contribution in [0, 0.1) is 0 Å². The Morgan fingerprint density at radius 1 is 1.00 bits per heavy atom. The van der Waals surface area contributed by atoms with E-state index in [-0.39, 0.29) is 17.3 Å². The van der Waals surface area contributed by atoms with Gasteiger partial charge in [-0.25, -0.2) is 8.42 Å². The third-order valence-electron chi connectivity index (χ3n) is 4.91. The van der Waals surface area contributed by atoms with Crippen LogP contribution in [0.4, 0.5) is 11.4 Å². The molecule has 6 nitrogen and oxygen atoms in total. The number of nitrogens with zero attached hydrogens (tertiary/aromatic N) is 2. The van der Waals surface area contributed by atoms with Gasteiger partial charge in [0.05, 0.1) is 10.6 Å². The molecule has 3 aromatic rings. The van der Waals surface area contributed by atoms with Gasteiger partial charge in [0, 0.05) is 31.7 Å². The van der Waals surface area contributed by atoms with Crippen LogP contribution in [0.25, 0.3) is 10.8 Å². The highest BCUT2D eigenvalue weighted by Gasteiger charge is 2.36. The first-order valence-corrected chi connectivity index (χ1v) is 10.4. The molecule has 0 unspecified atom stereocenters. The van der Waals surface area contributed by atoms with Gasteiger partial charge >= 0.3 is 0 Å². The van der Waals surface area contributed by atoms with E-state index in [1.54, 1.807) is 24.3 Å². The maximum absolute atomic E-state index is 12.9. The molecule has 0 aromatic heterocycles. The maximum atomic E-state index is 12.9. The summed E-state index contributed by atoms with van der Waals surface area (Å²) in [5.74, 6) is -0.343. The summed E-state index contributed by atoms with van der Waals surface area (Å²) in [6.07, 6.45) is 0. The minimum Gasteiger partial charge on any atom is -0.378 e. The Hall–Kier alpha value is -3.06. The molecule has 144 valence electrons. The number of carbonyl (C=O) groups excluding carboxylic acids is 1. The Morgan fingerprint density at radius 2 is 1.68 bits per heavy atom. The summed E-state index contributed by atoms with van der Waals surface area (Å²) in [6.45, 7) is 0.101. The topological polar surface area (TPSA) is 69.7 Å². The average molecular weight is 395 g/mol. The molecule has 0 saturated carbocycles. The number of carbonyl (C=O) groups is 1. The number of anilines is 2. The van der Waals surface area contributed by atoms with Crippen LogP contribution in [0.3, 0.4) is 0 Å². The standard InChI is InChI=1S/C21H21N3O3S/c1-23(2)17-11-9-15(10-12-17)13-22-20(25)14-24-18-7-3-5-16-6-4-8-19(21(16)18)28(24,26)27/h3-12H,13-14H2,1-2H3,(H,22,25). The summed E-state index contributed by atoms with van der Waals surface area (Å²) in [7, 11) is 0.204. The van der Waals surface area contributed by atoms with Crippen LogP contribution < -0.4 is 14.5 Å². The molecule has 1 N–H and O–H groups in total. The molecule has 1 aliphatic heterocycles. The van der Waals surface area contributed by atoms with Crippen molar-refractivity contribution in [3.8, 4) is 0 Å². The third kappa shape index (κ3) is 3.07. The predicted molar refractivity (Wildman–Crippen MR) is 111 cm³/mol. The van der Waals surface area contributed by atoms with Crippen molar-refractivity contribution in [2.45, 2.75) is 11.4 Å². The Balaban J connectivity index is 1.50. The molecule has 28 heavy (non-hydrogen) atoms. The molecule has 1 amide bonds. The van der Waals surface area contributed by atoms with Crippen LogP contribution in [-0.4, -0.2) is 35.0 Å². The second-order valence-corrected chi connectivity index (χ2v) is 8.81. The Bertz CT molecular complexity index is 1150. The normalized spacial score (nSPS) is 14.3. The number of hydrogen-bond donors (Lipinski definition) is 1. The lowest BCUT2D eigenvalue weighted by atomic mass is 10.1. The fraction of sp³-hybridized carbons (Fsp3) is 0.190. The van der Waals surface area contributed by atoms with Crippen LogP contribution in [-0.2, 0) is 21.4 Å². The lowest BCUT2D eigenvalue weighted by Gasteiger charge is -2.18. The number of amides is 1. The molecule has 0 spiro atoms. The predicted octanol–water partition coefficient (Wildman–Crippen LogP) is 2.73. The Labute approximate surface area is 164 Å². The lowest BCUT2D eigenvalue weighted by molar-refractivity contribution is -0.119. The molecule has 0 saturated heterocycles. The van der Waals surface area contributed by atoms with Crippen LogP contribution in [0.15, 0.2) is 65.6 Å². The first-order chi connectivity index (χ1) is 13.4. The van der Waals surface area contributed by atoms with E-state index >= 15 is 0 Å². The highest BCUT2D eigenvalue weighted by molar-refractivity contribution is 7.93. The number of nitrogens with one attached hydrogen (secondary N) is 1. The fourth-order valence-electron chi connectivity index (χ4n) is 3.43. The summed E-state index contributed by atoms with van der Waals surface area (Å²) in [6, 6.07) is 18.4. The molecule has 0 fully saturated rings. The van der Waals surface area contributed by atoms with Crippen molar-refractivity contribution in [2.24, 2.45) is 0 Å². The van der Waals surface area contributed by atoms with E-state index in [9.17, 15) is 13.2 Å². The van der Waals surface area contributed by atoms with Crippen LogP contribution >= 0.6 is 0 Å². The Kier molecular flexibility index (Phi) is 4.47. The first kappa shape index (κ1) is 18.3. The summed E-state index contributed by atoms with van der Waals surface area (Å²) < 4.78 is 27.0. The highest BCUT2D eigenvalue weighted by atomic mass is 32.2. The molecule has 1 heterocycles. The molecular formula is C21H21N3O3S. The van der Waals surface area contributed by atoms with Gasteiger partial charge in [0.25, 0.3) is 10.0 Å². The molecule has 7 heteroatoms. The van der Waals surface area contributed by atoms with Crippen LogP contribution in [0.2, 0.25) is 0 Å². The maximum Gasteiger partial charge on any atom is 0.265 e. The van der Waals surface area contributed by atoms with Gasteiger partial charge in [-0.3, -0.25) is 9.10 Å². The van der Waals surface area contributed by atoms with Gasteiger partial charge in [0.15, 0.2) is 0 Å². The second kappa shape index (κ2) is 6.83. The fourth-order valence-corrected chi connectivity index (χ4v) is 5.09. The van der Waals surface area contributed by atoms with E-state index in [1.807, 2.05) is 55.4 Å². The summed E-state index contributed by atoms with van der Waals surface area (Å²) >= 11 is 0. The zero-order valence-electron chi connectivity index (χ0n) is 15.7. The van der Waals surface area contributed by atoms with Crippen molar-refractivity contribution >= 4 is 38.1 Å². The van der Waals surface area contributed by atoms with Crippen LogP contribution in [0.1, 0.15) is 5.56 Å². The number of rotatable bonds is 5. The van der Waals surface area contributed by atoms with Gasteiger partial charge in [0.1, 0.15) is 6.54 Å². The van der Waals surface area contributed by atoms with Crippen molar-refractivity contribution in [3.05, 3.63) is 66.2 Å². The van der Waals surface area contributed by atoms with Gasteiger partial charge in [-0.1, -0.05) is 36.4 Å². The van der Waals surface area contributed by atoms with E-state index < -0.39 is 10.0 Å². The SMILES string of the molecule is CN(C)c1ccc(CNC(=O)CN2c3cccc4cccc(c34)S2(=O)=O)cc1. The summed E-state index contributed by atoms with van der Waals surface area (Å²) in [5, 5.41) is 4.34. The van der Waals surface area contributed by atoms with Gasteiger partial charge in [0.2, 0.25) is 5.91 Å². The zero-order chi connectivity index (χ0) is 19.9. The van der Waals surface area contributed by atoms with E-state index in [0.717, 1.165) is 16.6 Å². The van der Waals surface area contributed by atoms with Gasteiger partial charge in [-0.05, 0) is 35.2 Å². The van der Waals surface area contributed by atoms with Crippen molar-refractivity contribution in [2.75, 3.05) is 29.8 Å². The van der Waals surface area contributed by atoms with Crippen LogP contribution in [0.5, 0.6) is 0 Å². The van der Waals surface area contributed by atoms with Crippen molar-refractivity contribution in [3.63, 3.8) is 0 Å². The van der Waals surface area contributed by atoms with E-state index in [4.69, 9.17) is 0 Å². The molecular weight excluding hydrogens is 374 g/mol. The van der Waals surface area contributed by atoms with Gasteiger partial charge in [-0.15, -0.1) is 0 Å². The minimum atomic E-state index is -3.72. The monoisotopic (exact) mass is 395 g/mol. The van der Waals surface area contributed by atoms with E-state index in [1.165, 1.54) is 4.31 Å². The van der Waals surface area contributed by atoms with Crippen molar-refractivity contribution in [1.82, 2.24) is 5.32 Å². The molecule has 0 radical (unpaired) electrons. The zero-order valence-corrected chi connectivity index (χ0v) is 16.5. The smallest absolute Gasteiger partial charge is 0.265 e. The second-order valence-electron chi connectivity index (χ2n) is 6.98. The quantitative estimate of drug-likeness (QED) is 0.721. The molecule has 3 aromatic carbocycles. The van der Waals surface area contributed by atoms with E-state index in [0.29, 0.717) is 17.6 Å². The highest BCUT2D eigenvalue weighted by Crippen LogP contribution is 2.41. The number of sulfonamides is 1. The molecule has 4 rings (SSSR count). The number of benzene rings is 3. The van der Waals surface area contributed by atoms with Crippen molar-refractivity contribution < 1.29 is 13.2 Å². The van der Waals surface area contributed by atoms with Gasteiger partial charge < -0.3 is 10.2 Å². The molecule has 0 atom stereocenters. The van der Waals surface area contributed by atoms with Crippen molar-refractivity contribution in [1.29, 1.82) is 0 Å². The summed E-state index contributed by atoms with van der Waals surface area (Å²) in [5.41, 5.74) is 2.58. The minimum absolute atomic E-state index is 0.244. The largest absolute Gasteiger partial charge is 0.378 e. The van der Waals surface area contributed by atoms with E-state index in [2.05, 4.69) is 5.32 Å². The Morgan fingerprint density at radius 3 is 2.36 bits per heavy atom. The first-order valence-electron chi connectivity index (χ1n) is 8.95. The third-order valence-corrected chi connectivity index (χ3v) is 6.71. The lowest BCUT2D eigenvalue weighted by Crippen LogP contribution is -2.38. The molecule has 0 aliphatic carbocycles.